The summed E-state index contributed by atoms with van der Waals surface area (Å²) in [6.07, 6.45) is 8.72. The Hall–Kier alpha value is -4.01. The zero-order chi connectivity index (χ0) is 29.6. The van der Waals surface area contributed by atoms with Crippen LogP contribution in [0.1, 0.15) is 66.9 Å². The number of hydrogen-bond donors (Lipinski definition) is 2. The number of likely N-dealkylation sites (tertiary alicyclic amines) is 1. The highest BCUT2D eigenvalue weighted by molar-refractivity contribution is 5.95. The smallest absolute Gasteiger partial charge is 0.280 e. The number of aromatic nitrogens is 3. The van der Waals surface area contributed by atoms with Crippen molar-refractivity contribution >= 4 is 22.8 Å². The molecular weight excluding hydrogens is 544 g/mol. The summed E-state index contributed by atoms with van der Waals surface area (Å²) < 4.78 is 8.20. The molecule has 0 bridgehead atoms. The Morgan fingerprint density at radius 3 is 2.49 bits per heavy atom. The number of ether oxygens (including phenoxy) is 1. The lowest BCUT2D eigenvalue weighted by Crippen LogP contribution is -2.49. The lowest BCUT2D eigenvalue weighted by Gasteiger charge is -2.34. The summed E-state index contributed by atoms with van der Waals surface area (Å²) in [5.74, 6) is 0.442. The lowest BCUT2D eigenvalue weighted by atomic mass is 9.85. The van der Waals surface area contributed by atoms with E-state index in [0.717, 1.165) is 82.5 Å². The molecule has 2 aliphatic heterocycles. The molecule has 43 heavy (non-hydrogen) atoms. The minimum atomic E-state index is -0.390. The summed E-state index contributed by atoms with van der Waals surface area (Å²) >= 11 is 0. The largest absolute Gasteiger partial charge is 0.476 e. The standard InChI is InChI=1S/C32H40N8O3/c33-21-23-4-6-24(7-5-23)30(41)37-32-36-27-22-35-29(43-19-18-38-14-2-1-3-15-38)20-28(27)40(32)26-10-8-25(9-11-26)31(42)39-16-12-34-13-17-39/h4-7,20,22,25-26,34H,1-3,8-19H2,(H,36,37,41). The first kappa shape index (κ1) is 29.1. The van der Waals surface area contributed by atoms with Crippen LogP contribution in [0.4, 0.5) is 0 Å². The van der Waals surface area contributed by atoms with Crippen LogP contribution in [-0.4, -0.2) is 88.6 Å². The number of rotatable bonds is 7. The number of piperazine rings is 1. The van der Waals surface area contributed by atoms with E-state index >= 15 is 0 Å². The Kier molecular flexibility index (Phi) is 9.15. The molecule has 0 spiro atoms. The number of hydrogen-bond acceptors (Lipinski definition) is 7. The number of nitrogens with zero attached hydrogens (tertiary/aromatic N) is 6. The van der Waals surface area contributed by atoms with Crippen molar-refractivity contribution in [1.29, 1.82) is 5.26 Å². The minimum absolute atomic E-state index is 0.0242. The summed E-state index contributed by atoms with van der Waals surface area (Å²) in [5.41, 5.74) is 3.01. The van der Waals surface area contributed by atoms with Crippen LogP contribution in [0.2, 0.25) is 0 Å². The Bertz CT molecular complexity index is 1530. The van der Waals surface area contributed by atoms with Gasteiger partial charge in [-0.15, -0.1) is 0 Å². The number of imidazole rings is 1. The highest BCUT2D eigenvalue weighted by Crippen LogP contribution is 2.34. The molecule has 11 heteroatoms. The highest BCUT2D eigenvalue weighted by Gasteiger charge is 2.31. The second-order valence-electron chi connectivity index (χ2n) is 11.8. The minimum Gasteiger partial charge on any atom is -0.476 e. The van der Waals surface area contributed by atoms with E-state index in [1.54, 1.807) is 30.5 Å². The molecule has 3 aromatic rings. The van der Waals surface area contributed by atoms with E-state index in [9.17, 15) is 9.59 Å². The van der Waals surface area contributed by atoms with Gasteiger partial charge < -0.3 is 24.5 Å². The molecule has 0 unspecified atom stereocenters. The molecule has 226 valence electrons. The first-order chi connectivity index (χ1) is 21.1. The summed E-state index contributed by atoms with van der Waals surface area (Å²) in [6, 6.07) is 10.6. The van der Waals surface area contributed by atoms with Crippen LogP contribution in [0, 0.1) is 17.2 Å². The molecule has 3 aliphatic rings. The number of benzene rings is 1. The number of fused-ring (bicyclic) bond motifs is 1. The van der Waals surface area contributed by atoms with Gasteiger partial charge in [-0.1, -0.05) is 6.42 Å². The normalized spacial score (nSPS) is 21.9. The number of carbonyl (C=O) groups is 2. The van der Waals surface area contributed by atoms with Gasteiger partial charge in [0, 0.05) is 56.3 Å². The van der Waals surface area contributed by atoms with Crippen molar-refractivity contribution in [2.75, 3.05) is 52.4 Å². The maximum Gasteiger partial charge on any atom is 0.280 e. The topological polar surface area (TPSA) is 132 Å². The van der Waals surface area contributed by atoms with Gasteiger partial charge >= 0.3 is 0 Å². The molecule has 1 aromatic carbocycles. The number of H-pyrrole nitrogens is 1. The molecule has 3 fully saturated rings. The van der Waals surface area contributed by atoms with Gasteiger partial charge in [-0.3, -0.25) is 14.5 Å². The first-order valence-corrected chi connectivity index (χ1v) is 15.6. The van der Waals surface area contributed by atoms with Gasteiger partial charge in [-0.2, -0.15) is 10.3 Å². The fourth-order valence-electron chi connectivity index (χ4n) is 6.58. The van der Waals surface area contributed by atoms with E-state index in [-0.39, 0.29) is 17.9 Å². The predicted octanol–water partition coefficient (Wildman–Crippen LogP) is 3.00. The molecular formula is C32H40N8O3. The van der Waals surface area contributed by atoms with Gasteiger partial charge in [0.05, 0.1) is 28.9 Å². The molecule has 0 radical (unpaired) electrons. The third-order valence-corrected chi connectivity index (χ3v) is 9.01. The van der Waals surface area contributed by atoms with Crippen LogP contribution < -0.4 is 15.7 Å². The van der Waals surface area contributed by atoms with Crippen molar-refractivity contribution in [2.45, 2.75) is 51.0 Å². The van der Waals surface area contributed by atoms with Crippen molar-refractivity contribution in [1.82, 2.24) is 29.7 Å². The Morgan fingerprint density at radius 1 is 1.02 bits per heavy atom. The van der Waals surface area contributed by atoms with Crippen LogP contribution >= 0.6 is 0 Å². The quantitative estimate of drug-likeness (QED) is 0.436. The van der Waals surface area contributed by atoms with Crippen LogP contribution in [0.25, 0.3) is 11.0 Å². The summed E-state index contributed by atoms with van der Waals surface area (Å²) in [4.78, 5) is 43.2. The zero-order valence-corrected chi connectivity index (χ0v) is 24.6. The molecule has 4 heterocycles. The number of amides is 2. The second-order valence-corrected chi connectivity index (χ2v) is 11.8. The molecule has 1 aliphatic carbocycles. The van der Waals surface area contributed by atoms with E-state index in [1.807, 2.05) is 11.0 Å². The number of piperidine rings is 1. The fourth-order valence-corrected chi connectivity index (χ4v) is 6.58. The van der Waals surface area contributed by atoms with Crippen molar-refractivity contribution in [3.05, 3.63) is 53.3 Å². The number of nitrogens with one attached hydrogen (secondary N) is 2. The summed E-state index contributed by atoms with van der Waals surface area (Å²) in [7, 11) is 0. The fraction of sp³-hybridized carbons (Fsp3) is 0.531. The van der Waals surface area contributed by atoms with E-state index < -0.39 is 5.91 Å². The van der Waals surface area contributed by atoms with Gasteiger partial charge in [0.15, 0.2) is 0 Å². The number of pyridine rings is 1. The van der Waals surface area contributed by atoms with Crippen LogP contribution in [0.5, 0.6) is 5.88 Å². The van der Waals surface area contributed by atoms with Crippen LogP contribution in [0.3, 0.4) is 0 Å². The average Bonchev–Trinajstić information content (AvgIpc) is 3.42. The van der Waals surface area contributed by atoms with E-state index in [1.165, 1.54) is 19.3 Å². The van der Waals surface area contributed by atoms with E-state index in [0.29, 0.717) is 29.2 Å². The summed E-state index contributed by atoms with van der Waals surface area (Å²) in [6.45, 7) is 6.90. The third kappa shape index (κ3) is 6.81. The molecule has 2 saturated heterocycles. The Morgan fingerprint density at radius 2 is 1.77 bits per heavy atom. The van der Waals surface area contributed by atoms with Gasteiger partial charge in [0.25, 0.3) is 5.91 Å². The maximum absolute atomic E-state index is 13.2. The Balaban J connectivity index is 1.25. The average molecular weight is 585 g/mol. The monoisotopic (exact) mass is 584 g/mol. The molecule has 6 rings (SSSR count). The molecule has 2 aromatic heterocycles. The molecule has 2 amide bonds. The first-order valence-electron chi connectivity index (χ1n) is 15.6. The summed E-state index contributed by atoms with van der Waals surface area (Å²) in [5, 5.41) is 12.4. The predicted molar refractivity (Wildman–Crippen MR) is 161 cm³/mol. The lowest BCUT2D eigenvalue weighted by molar-refractivity contribution is -0.137. The van der Waals surface area contributed by atoms with Crippen molar-refractivity contribution < 1.29 is 14.3 Å². The number of carbonyl (C=O) groups excluding carboxylic acids is 2. The molecule has 1 saturated carbocycles. The maximum atomic E-state index is 13.2. The number of aromatic amines is 1. The second kappa shape index (κ2) is 13.5. The number of nitriles is 1. The highest BCUT2D eigenvalue weighted by atomic mass is 16.5. The van der Waals surface area contributed by atoms with Gasteiger partial charge in [-0.05, 0) is 75.9 Å². The van der Waals surface area contributed by atoms with Gasteiger partial charge in [0.2, 0.25) is 17.4 Å². The zero-order valence-electron chi connectivity index (χ0n) is 24.6. The van der Waals surface area contributed by atoms with Gasteiger partial charge in [0.1, 0.15) is 6.61 Å². The van der Waals surface area contributed by atoms with Gasteiger partial charge in [-0.25, -0.2) is 4.98 Å². The van der Waals surface area contributed by atoms with Crippen molar-refractivity contribution in [2.24, 2.45) is 10.9 Å². The van der Waals surface area contributed by atoms with Crippen molar-refractivity contribution in [3.8, 4) is 11.9 Å². The van der Waals surface area contributed by atoms with Crippen molar-refractivity contribution in [3.63, 3.8) is 0 Å². The molecule has 11 nitrogen and oxygen atoms in total. The SMILES string of the molecule is N#Cc1ccc(C(=O)/N=c2\[nH]c3cnc(OCCN4CCCCC4)cc3n2C2CCC(C(=O)N3CCNCC3)CC2)cc1. The Labute approximate surface area is 251 Å². The van der Waals surface area contributed by atoms with Crippen LogP contribution in [0.15, 0.2) is 41.5 Å². The molecule has 2 N–H and O–H groups in total. The molecule has 0 atom stereocenters. The van der Waals surface area contributed by atoms with E-state index in [4.69, 9.17) is 10.00 Å². The van der Waals surface area contributed by atoms with Crippen LogP contribution in [-0.2, 0) is 4.79 Å². The third-order valence-electron chi connectivity index (χ3n) is 9.01. The van der Waals surface area contributed by atoms with E-state index in [2.05, 4.69) is 35.8 Å².